The number of hydrogen-bond donors (Lipinski definition) is 1. The van der Waals surface area contributed by atoms with Gasteiger partial charge in [0.25, 0.3) is 5.89 Å². The molecule has 0 radical (unpaired) electrons. The highest BCUT2D eigenvalue weighted by Crippen LogP contribution is 2.24. The van der Waals surface area contributed by atoms with Crippen LogP contribution in [0.15, 0.2) is 27.1 Å². The first kappa shape index (κ1) is 12.6. The highest BCUT2D eigenvalue weighted by molar-refractivity contribution is 5.60. The van der Waals surface area contributed by atoms with Crippen LogP contribution in [0.3, 0.4) is 0 Å². The Hall–Kier alpha value is -2.41. The quantitative estimate of drug-likeness (QED) is 0.767. The van der Waals surface area contributed by atoms with Crippen molar-refractivity contribution in [2.75, 3.05) is 13.7 Å². The molecule has 0 aliphatic heterocycles. The summed E-state index contributed by atoms with van der Waals surface area (Å²) in [6.45, 7) is 2.44. The molecule has 0 aliphatic carbocycles. The van der Waals surface area contributed by atoms with Crippen LogP contribution >= 0.6 is 0 Å². The third kappa shape index (κ3) is 2.48. The van der Waals surface area contributed by atoms with E-state index in [4.69, 9.17) is 13.7 Å². The SMILES string of the molecule is COCCc1noc(-c2cc(-c3ccc(C)o3)n[nH]2)n1. The number of aromatic amines is 1. The van der Waals surface area contributed by atoms with Crippen molar-refractivity contribution in [3.05, 3.63) is 29.8 Å². The molecule has 3 heterocycles. The number of hydrogen-bond acceptors (Lipinski definition) is 6. The van der Waals surface area contributed by atoms with Crippen LogP contribution in [0.5, 0.6) is 0 Å². The zero-order chi connectivity index (χ0) is 13.9. The molecular weight excluding hydrogens is 260 g/mol. The first-order valence-electron chi connectivity index (χ1n) is 6.20. The Bertz CT molecular complexity index is 698. The minimum atomic E-state index is 0.401. The summed E-state index contributed by atoms with van der Waals surface area (Å²) in [5, 5.41) is 10.9. The molecule has 3 aromatic heterocycles. The Morgan fingerprint density at radius 3 is 3.00 bits per heavy atom. The van der Waals surface area contributed by atoms with Gasteiger partial charge in [0.05, 0.1) is 6.61 Å². The third-order valence-electron chi connectivity index (χ3n) is 2.80. The van der Waals surface area contributed by atoms with Gasteiger partial charge in [0.15, 0.2) is 11.6 Å². The maximum atomic E-state index is 5.51. The largest absolute Gasteiger partial charge is 0.460 e. The molecule has 0 saturated heterocycles. The number of nitrogens with zero attached hydrogens (tertiary/aromatic N) is 3. The van der Waals surface area contributed by atoms with Gasteiger partial charge in [0.1, 0.15) is 17.1 Å². The summed E-state index contributed by atoms with van der Waals surface area (Å²) >= 11 is 0. The van der Waals surface area contributed by atoms with Gasteiger partial charge in [0.2, 0.25) is 0 Å². The molecule has 0 atom stereocenters. The number of H-pyrrole nitrogens is 1. The van der Waals surface area contributed by atoms with E-state index in [0.717, 1.165) is 5.76 Å². The van der Waals surface area contributed by atoms with Crippen molar-refractivity contribution in [3.63, 3.8) is 0 Å². The van der Waals surface area contributed by atoms with E-state index in [9.17, 15) is 0 Å². The Kier molecular flexibility index (Phi) is 3.34. The maximum Gasteiger partial charge on any atom is 0.275 e. The van der Waals surface area contributed by atoms with E-state index in [1.165, 1.54) is 0 Å². The third-order valence-corrected chi connectivity index (χ3v) is 2.80. The average molecular weight is 274 g/mol. The van der Waals surface area contributed by atoms with Gasteiger partial charge in [-0.15, -0.1) is 0 Å². The van der Waals surface area contributed by atoms with Gasteiger partial charge < -0.3 is 13.7 Å². The lowest BCUT2D eigenvalue weighted by Crippen LogP contribution is -1.96. The van der Waals surface area contributed by atoms with Crippen LogP contribution in [0, 0.1) is 6.92 Å². The van der Waals surface area contributed by atoms with E-state index in [1.807, 2.05) is 25.1 Å². The predicted octanol–water partition coefficient (Wildman–Crippen LogP) is 2.22. The summed E-state index contributed by atoms with van der Waals surface area (Å²) in [7, 11) is 1.63. The molecule has 7 nitrogen and oxygen atoms in total. The molecule has 1 N–H and O–H groups in total. The minimum Gasteiger partial charge on any atom is -0.460 e. The Labute approximate surface area is 114 Å². The van der Waals surface area contributed by atoms with Crippen LogP contribution in [-0.2, 0) is 11.2 Å². The van der Waals surface area contributed by atoms with E-state index >= 15 is 0 Å². The minimum absolute atomic E-state index is 0.401. The Morgan fingerprint density at radius 1 is 1.35 bits per heavy atom. The number of furan rings is 1. The number of aryl methyl sites for hydroxylation is 1. The second kappa shape index (κ2) is 5.30. The van der Waals surface area contributed by atoms with Crippen molar-refractivity contribution < 1.29 is 13.7 Å². The van der Waals surface area contributed by atoms with Gasteiger partial charge >= 0.3 is 0 Å². The fourth-order valence-electron chi connectivity index (χ4n) is 1.79. The van der Waals surface area contributed by atoms with Gasteiger partial charge in [0, 0.05) is 19.6 Å². The highest BCUT2D eigenvalue weighted by atomic mass is 16.5. The van der Waals surface area contributed by atoms with Crippen molar-refractivity contribution in [1.82, 2.24) is 20.3 Å². The lowest BCUT2D eigenvalue weighted by Gasteiger charge is -1.90. The number of rotatable bonds is 5. The van der Waals surface area contributed by atoms with Gasteiger partial charge in [-0.25, -0.2) is 0 Å². The molecule has 0 aliphatic rings. The van der Waals surface area contributed by atoms with Crippen molar-refractivity contribution in [3.8, 4) is 23.0 Å². The summed E-state index contributed by atoms with van der Waals surface area (Å²) in [5.41, 5.74) is 1.36. The summed E-state index contributed by atoms with van der Waals surface area (Å²) in [4.78, 5) is 4.27. The Morgan fingerprint density at radius 2 is 2.25 bits per heavy atom. The van der Waals surface area contributed by atoms with Crippen LogP contribution < -0.4 is 0 Å². The van der Waals surface area contributed by atoms with Crippen molar-refractivity contribution in [2.45, 2.75) is 13.3 Å². The zero-order valence-corrected chi connectivity index (χ0v) is 11.2. The average Bonchev–Trinajstić information content (AvgIpc) is 3.15. The van der Waals surface area contributed by atoms with Crippen molar-refractivity contribution in [2.24, 2.45) is 0 Å². The molecule has 0 unspecified atom stereocenters. The van der Waals surface area contributed by atoms with Crippen LogP contribution in [0.2, 0.25) is 0 Å². The molecule has 0 fully saturated rings. The van der Waals surface area contributed by atoms with Crippen LogP contribution in [0.1, 0.15) is 11.6 Å². The summed E-state index contributed by atoms with van der Waals surface area (Å²) in [6.07, 6.45) is 0.609. The number of aromatic nitrogens is 4. The maximum absolute atomic E-state index is 5.51. The van der Waals surface area contributed by atoms with E-state index in [2.05, 4.69) is 20.3 Å². The van der Waals surface area contributed by atoms with Gasteiger partial charge in [-0.3, -0.25) is 5.10 Å². The molecule has 0 aromatic carbocycles. The van der Waals surface area contributed by atoms with Gasteiger partial charge in [-0.2, -0.15) is 10.1 Å². The number of ether oxygens (including phenoxy) is 1. The molecule has 3 rings (SSSR count). The monoisotopic (exact) mass is 274 g/mol. The molecular formula is C13H14N4O3. The lowest BCUT2D eigenvalue weighted by molar-refractivity contribution is 0.199. The van der Waals surface area contributed by atoms with E-state index in [0.29, 0.717) is 41.9 Å². The van der Waals surface area contributed by atoms with Crippen LogP contribution in [-0.4, -0.2) is 34.1 Å². The fraction of sp³-hybridized carbons (Fsp3) is 0.308. The van der Waals surface area contributed by atoms with E-state index in [-0.39, 0.29) is 0 Å². The van der Waals surface area contributed by atoms with Crippen LogP contribution in [0.25, 0.3) is 23.0 Å². The number of methoxy groups -OCH3 is 1. The van der Waals surface area contributed by atoms with Gasteiger partial charge in [-0.05, 0) is 19.1 Å². The zero-order valence-electron chi connectivity index (χ0n) is 11.2. The molecule has 0 bridgehead atoms. The fourth-order valence-corrected chi connectivity index (χ4v) is 1.79. The summed E-state index contributed by atoms with van der Waals surface area (Å²) in [5.74, 6) is 2.54. The molecule has 104 valence electrons. The molecule has 20 heavy (non-hydrogen) atoms. The topological polar surface area (TPSA) is 90.0 Å². The lowest BCUT2D eigenvalue weighted by atomic mass is 10.3. The Balaban J connectivity index is 1.81. The van der Waals surface area contributed by atoms with Crippen molar-refractivity contribution in [1.29, 1.82) is 0 Å². The predicted molar refractivity (Wildman–Crippen MR) is 69.9 cm³/mol. The molecule has 0 saturated carbocycles. The smallest absolute Gasteiger partial charge is 0.275 e. The highest BCUT2D eigenvalue weighted by Gasteiger charge is 2.14. The van der Waals surface area contributed by atoms with E-state index in [1.54, 1.807) is 7.11 Å². The van der Waals surface area contributed by atoms with E-state index < -0.39 is 0 Å². The second-order valence-corrected chi connectivity index (χ2v) is 4.34. The molecule has 7 heteroatoms. The van der Waals surface area contributed by atoms with Crippen molar-refractivity contribution >= 4 is 0 Å². The standard InChI is InChI=1S/C13H14N4O3/c1-8-3-4-11(19-8)9-7-10(16-15-9)13-14-12(17-20-13)5-6-18-2/h3-4,7H,5-6H2,1-2H3,(H,15,16). The normalized spacial score (nSPS) is 11.1. The summed E-state index contributed by atoms with van der Waals surface area (Å²) in [6, 6.07) is 5.57. The first-order valence-corrected chi connectivity index (χ1v) is 6.20. The molecule has 3 aromatic rings. The molecule has 0 spiro atoms. The molecule has 0 amide bonds. The second-order valence-electron chi connectivity index (χ2n) is 4.34. The van der Waals surface area contributed by atoms with Gasteiger partial charge in [-0.1, -0.05) is 5.16 Å². The van der Waals surface area contributed by atoms with Crippen LogP contribution in [0.4, 0.5) is 0 Å². The summed E-state index contributed by atoms with van der Waals surface area (Å²) < 4.78 is 15.7. The number of nitrogens with one attached hydrogen (secondary N) is 1. The first-order chi connectivity index (χ1) is 9.76.